The molecule has 0 aliphatic rings. The molecule has 0 aliphatic carbocycles. The van der Waals surface area contributed by atoms with Crippen LogP contribution < -0.4 is 5.73 Å². The Bertz CT molecular complexity index is 258. The number of aliphatic hydroxyl groups excluding tert-OH is 1. The zero-order valence-corrected chi connectivity index (χ0v) is 9.68. The maximum absolute atomic E-state index is 9.62. The number of hydrogen-bond donors (Lipinski definition) is 2. The van der Waals surface area contributed by atoms with Gasteiger partial charge in [0, 0.05) is 16.8 Å². The molecule has 2 nitrogen and oxygen atoms in total. The number of rotatable bonds is 5. The summed E-state index contributed by atoms with van der Waals surface area (Å²) in [5, 5.41) is 11.7. The summed E-state index contributed by atoms with van der Waals surface area (Å²) < 4.78 is 0. The van der Waals surface area contributed by atoms with Crippen molar-refractivity contribution in [3.05, 3.63) is 22.4 Å². The van der Waals surface area contributed by atoms with Gasteiger partial charge in [-0.05, 0) is 31.2 Å². The van der Waals surface area contributed by atoms with Crippen LogP contribution in [0.3, 0.4) is 0 Å². The van der Waals surface area contributed by atoms with Gasteiger partial charge in [0.1, 0.15) is 0 Å². The van der Waals surface area contributed by atoms with Crippen LogP contribution >= 0.6 is 11.3 Å². The smallest absolute Gasteiger partial charge is 0.0577 e. The highest BCUT2D eigenvalue weighted by atomic mass is 32.1. The standard InChI is InChI=1S/C11H19NOS/c1-9(13)11(2,8-12)6-5-10-4-3-7-14-10/h3-4,7,9,13H,5-6,8,12H2,1-2H3. The van der Waals surface area contributed by atoms with E-state index in [1.807, 2.05) is 13.8 Å². The molecular formula is C11H19NOS. The van der Waals surface area contributed by atoms with Crippen LogP contribution in [0.25, 0.3) is 0 Å². The van der Waals surface area contributed by atoms with Crippen molar-refractivity contribution in [1.82, 2.24) is 0 Å². The Morgan fingerprint density at radius 3 is 2.79 bits per heavy atom. The second-order valence-corrected chi connectivity index (χ2v) is 5.15. The van der Waals surface area contributed by atoms with Gasteiger partial charge in [-0.1, -0.05) is 13.0 Å². The molecule has 0 fully saturated rings. The van der Waals surface area contributed by atoms with E-state index in [-0.39, 0.29) is 11.5 Å². The third kappa shape index (κ3) is 2.80. The van der Waals surface area contributed by atoms with Crippen LogP contribution in [0.15, 0.2) is 17.5 Å². The Morgan fingerprint density at radius 2 is 2.36 bits per heavy atom. The van der Waals surface area contributed by atoms with Gasteiger partial charge >= 0.3 is 0 Å². The lowest BCUT2D eigenvalue weighted by Crippen LogP contribution is -2.37. The lowest BCUT2D eigenvalue weighted by atomic mass is 9.80. The highest BCUT2D eigenvalue weighted by Crippen LogP contribution is 2.27. The van der Waals surface area contributed by atoms with Crippen molar-refractivity contribution in [2.24, 2.45) is 11.1 Å². The molecule has 1 rings (SSSR count). The first-order valence-corrected chi connectivity index (χ1v) is 5.87. The minimum atomic E-state index is -0.340. The van der Waals surface area contributed by atoms with Crippen molar-refractivity contribution in [2.45, 2.75) is 32.8 Å². The molecule has 0 radical (unpaired) electrons. The molecule has 0 aromatic carbocycles. The Balaban J connectivity index is 2.50. The Morgan fingerprint density at radius 1 is 1.64 bits per heavy atom. The molecule has 0 spiro atoms. The monoisotopic (exact) mass is 213 g/mol. The van der Waals surface area contributed by atoms with Gasteiger partial charge in [-0.25, -0.2) is 0 Å². The molecule has 0 bridgehead atoms. The average molecular weight is 213 g/mol. The van der Waals surface area contributed by atoms with E-state index in [4.69, 9.17) is 5.73 Å². The van der Waals surface area contributed by atoms with E-state index in [1.54, 1.807) is 11.3 Å². The van der Waals surface area contributed by atoms with Gasteiger partial charge in [-0.15, -0.1) is 11.3 Å². The van der Waals surface area contributed by atoms with Crippen LogP contribution in [0.2, 0.25) is 0 Å². The fourth-order valence-corrected chi connectivity index (χ4v) is 2.05. The van der Waals surface area contributed by atoms with Crippen LogP contribution in [0.4, 0.5) is 0 Å². The van der Waals surface area contributed by atoms with Crippen LogP contribution in [-0.2, 0) is 6.42 Å². The molecule has 1 aromatic rings. The Labute approximate surface area is 89.8 Å². The number of aryl methyl sites for hydroxylation is 1. The predicted molar refractivity (Wildman–Crippen MR) is 61.5 cm³/mol. The van der Waals surface area contributed by atoms with Crippen LogP contribution in [-0.4, -0.2) is 17.8 Å². The topological polar surface area (TPSA) is 46.2 Å². The van der Waals surface area contributed by atoms with E-state index in [1.165, 1.54) is 4.88 Å². The average Bonchev–Trinajstić information content (AvgIpc) is 2.66. The molecule has 0 saturated heterocycles. The lowest BCUT2D eigenvalue weighted by Gasteiger charge is -2.31. The van der Waals surface area contributed by atoms with Crippen molar-refractivity contribution >= 4 is 11.3 Å². The summed E-state index contributed by atoms with van der Waals surface area (Å²) in [6.07, 6.45) is 1.62. The number of nitrogens with two attached hydrogens (primary N) is 1. The van der Waals surface area contributed by atoms with Gasteiger partial charge in [0.2, 0.25) is 0 Å². The summed E-state index contributed by atoms with van der Waals surface area (Å²) in [7, 11) is 0. The minimum Gasteiger partial charge on any atom is -0.393 e. The van der Waals surface area contributed by atoms with Gasteiger partial charge in [-0.2, -0.15) is 0 Å². The fraction of sp³-hybridized carbons (Fsp3) is 0.636. The van der Waals surface area contributed by atoms with Gasteiger partial charge in [0.25, 0.3) is 0 Å². The first-order chi connectivity index (χ1) is 6.58. The Hall–Kier alpha value is -0.380. The molecule has 1 heterocycles. The van der Waals surface area contributed by atoms with Crippen LogP contribution in [0.5, 0.6) is 0 Å². The first-order valence-electron chi connectivity index (χ1n) is 4.99. The molecule has 2 atom stereocenters. The van der Waals surface area contributed by atoms with Gasteiger partial charge in [0.15, 0.2) is 0 Å². The molecule has 2 unspecified atom stereocenters. The maximum atomic E-state index is 9.62. The van der Waals surface area contributed by atoms with Crippen molar-refractivity contribution in [3.63, 3.8) is 0 Å². The fourth-order valence-electron chi connectivity index (χ4n) is 1.35. The van der Waals surface area contributed by atoms with E-state index in [0.717, 1.165) is 12.8 Å². The third-order valence-electron chi connectivity index (χ3n) is 3.00. The summed E-state index contributed by atoms with van der Waals surface area (Å²) >= 11 is 1.76. The quantitative estimate of drug-likeness (QED) is 0.786. The molecule has 3 heteroatoms. The molecular weight excluding hydrogens is 194 g/mol. The molecule has 14 heavy (non-hydrogen) atoms. The molecule has 0 aliphatic heterocycles. The highest BCUT2D eigenvalue weighted by molar-refractivity contribution is 7.09. The summed E-state index contributed by atoms with van der Waals surface area (Å²) in [5.74, 6) is 0. The van der Waals surface area contributed by atoms with E-state index >= 15 is 0 Å². The molecule has 0 saturated carbocycles. The first kappa shape index (κ1) is 11.7. The summed E-state index contributed by atoms with van der Waals surface area (Å²) in [4.78, 5) is 1.37. The number of thiophene rings is 1. The third-order valence-corrected chi connectivity index (χ3v) is 3.93. The largest absolute Gasteiger partial charge is 0.393 e. The Kier molecular flexibility index (Phi) is 4.11. The summed E-state index contributed by atoms with van der Waals surface area (Å²) in [5.41, 5.74) is 5.54. The second kappa shape index (κ2) is 4.91. The maximum Gasteiger partial charge on any atom is 0.0577 e. The molecule has 80 valence electrons. The number of aliphatic hydroxyl groups is 1. The molecule has 0 amide bonds. The van der Waals surface area contributed by atoms with Crippen molar-refractivity contribution < 1.29 is 5.11 Å². The van der Waals surface area contributed by atoms with Gasteiger partial charge in [0.05, 0.1) is 6.10 Å². The normalized spacial score (nSPS) is 17.7. The SMILES string of the molecule is CC(O)C(C)(CN)CCc1cccs1. The van der Waals surface area contributed by atoms with Crippen molar-refractivity contribution in [2.75, 3.05) is 6.54 Å². The lowest BCUT2D eigenvalue weighted by molar-refractivity contribution is 0.0525. The van der Waals surface area contributed by atoms with E-state index < -0.39 is 0 Å². The highest BCUT2D eigenvalue weighted by Gasteiger charge is 2.27. The summed E-state index contributed by atoms with van der Waals surface area (Å²) in [6, 6.07) is 4.19. The zero-order chi connectivity index (χ0) is 10.6. The zero-order valence-electron chi connectivity index (χ0n) is 8.86. The van der Waals surface area contributed by atoms with Crippen molar-refractivity contribution in [1.29, 1.82) is 0 Å². The van der Waals surface area contributed by atoms with Crippen LogP contribution in [0.1, 0.15) is 25.1 Å². The molecule has 1 aromatic heterocycles. The number of hydrogen-bond acceptors (Lipinski definition) is 3. The predicted octanol–water partition coefficient (Wildman–Crippen LogP) is 2.03. The van der Waals surface area contributed by atoms with E-state index in [9.17, 15) is 5.11 Å². The van der Waals surface area contributed by atoms with E-state index in [2.05, 4.69) is 17.5 Å². The van der Waals surface area contributed by atoms with Crippen LogP contribution in [0, 0.1) is 5.41 Å². The minimum absolute atomic E-state index is 0.149. The van der Waals surface area contributed by atoms with Gasteiger partial charge < -0.3 is 10.8 Å². The summed E-state index contributed by atoms with van der Waals surface area (Å²) in [6.45, 7) is 4.41. The van der Waals surface area contributed by atoms with Crippen molar-refractivity contribution in [3.8, 4) is 0 Å². The molecule has 3 N–H and O–H groups in total. The van der Waals surface area contributed by atoms with E-state index in [0.29, 0.717) is 6.54 Å². The van der Waals surface area contributed by atoms with Gasteiger partial charge in [-0.3, -0.25) is 0 Å². The second-order valence-electron chi connectivity index (χ2n) is 4.11.